The third kappa shape index (κ3) is 9.17. The molecule has 0 saturated heterocycles. The number of halogens is 3. The molecule has 0 spiro atoms. The van der Waals surface area contributed by atoms with E-state index < -0.39 is 0 Å². The Labute approximate surface area is 113 Å². The van der Waals surface area contributed by atoms with Gasteiger partial charge in [-0.25, -0.2) is 0 Å². The third-order valence-electron chi connectivity index (χ3n) is 0.936. The molecule has 66 valence electrons. The van der Waals surface area contributed by atoms with Gasteiger partial charge in [-0.05, 0) is 0 Å². The van der Waals surface area contributed by atoms with Crippen molar-refractivity contribution in [3.8, 4) is 0 Å². The highest BCUT2D eigenvalue weighted by atomic mass is 127. The van der Waals surface area contributed by atoms with Crippen LogP contribution in [0.5, 0.6) is 0 Å². The van der Waals surface area contributed by atoms with Crippen LogP contribution in [-0.4, -0.2) is 6.22 Å². The average Bonchev–Trinajstić information content (AvgIpc) is 2.05. The summed E-state index contributed by atoms with van der Waals surface area (Å²) in [5, 5.41) is 0. The molecule has 0 heterocycles. The fraction of sp³-hybridized carbons (Fsp3) is 0.125. The van der Waals surface area contributed by atoms with Gasteiger partial charge in [-0.15, -0.1) is 0 Å². The van der Waals surface area contributed by atoms with E-state index in [2.05, 4.69) is 67.8 Å². The van der Waals surface area contributed by atoms with Crippen molar-refractivity contribution in [3.63, 3.8) is 0 Å². The SMILES string of the molecule is IC(I)I.O=Cc1ccccc1. The predicted molar refractivity (Wildman–Crippen MR) is 77.7 cm³/mol. The molecule has 4 heteroatoms. The summed E-state index contributed by atoms with van der Waals surface area (Å²) in [6.45, 7) is 0. The molecule has 0 fully saturated rings. The number of alkyl halides is 3. The normalized spacial score (nSPS) is 8.67. The molecule has 1 aromatic rings. The molecule has 0 aliphatic carbocycles. The first-order chi connectivity index (χ1) is 5.66. The second kappa shape index (κ2) is 8.67. The highest BCUT2D eigenvalue weighted by molar-refractivity contribution is 14.3. The van der Waals surface area contributed by atoms with Gasteiger partial charge in [0.25, 0.3) is 0 Å². The van der Waals surface area contributed by atoms with Crippen LogP contribution in [-0.2, 0) is 0 Å². The number of rotatable bonds is 1. The highest BCUT2D eigenvalue weighted by Crippen LogP contribution is 2.16. The molecular weight excluding hydrogens is 493 g/mol. The number of benzene rings is 1. The maximum Gasteiger partial charge on any atom is 0.150 e. The van der Waals surface area contributed by atoms with Gasteiger partial charge in [-0.3, -0.25) is 4.79 Å². The minimum Gasteiger partial charge on any atom is -0.298 e. The number of carbonyl (C=O) groups excluding carboxylic acids is 1. The van der Waals surface area contributed by atoms with Gasteiger partial charge >= 0.3 is 0 Å². The van der Waals surface area contributed by atoms with E-state index in [4.69, 9.17) is 0 Å². The summed E-state index contributed by atoms with van der Waals surface area (Å²) in [5.41, 5.74) is 0.729. The largest absolute Gasteiger partial charge is 0.298 e. The second-order valence-corrected chi connectivity index (χ2v) is 12.7. The Kier molecular flexibility index (Phi) is 9.45. The lowest BCUT2D eigenvalue weighted by Crippen LogP contribution is -1.73. The van der Waals surface area contributed by atoms with Crippen molar-refractivity contribution in [3.05, 3.63) is 35.9 Å². The number of aldehydes is 1. The lowest BCUT2D eigenvalue weighted by Gasteiger charge is -1.81. The van der Waals surface area contributed by atoms with Gasteiger partial charge in [0.05, 0.1) is 0 Å². The van der Waals surface area contributed by atoms with Crippen LogP contribution >= 0.6 is 67.8 Å². The van der Waals surface area contributed by atoms with Gasteiger partial charge in [0.15, 0.2) is 0 Å². The van der Waals surface area contributed by atoms with E-state index in [9.17, 15) is 4.79 Å². The van der Waals surface area contributed by atoms with Crippen LogP contribution in [0.2, 0.25) is 0 Å². The number of carbonyl (C=O) groups is 1. The van der Waals surface area contributed by atoms with Crippen LogP contribution in [0, 0.1) is 0 Å². The lowest BCUT2D eigenvalue weighted by molar-refractivity contribution is 0.112. The van der Waals surface area contributed by atoms with Crippen molar-refractivity contribution >= 4 is 74.1 Å². The fourth-order valence-electron chi connectivity index (χ4n) is 0.532. The van der Waals surface area contributed by atoms with Crippen molar-refractivity contribution in [2.75, 3.05) is 0 Å². The summed E-state index contributed by atoms with van der Waals surface area (Å²) < 4.78 is 0.743. The van der Waals surface area contributed by atoms with Gasteiger partial charge in [-0.2, -0.15) is 0 Å². The van der Waals surface area contributed by atoms with E-state index in [1.54, 1.807) is 12.1 Å². The van der Waals surface area contributed by atoms with E-state index in [0.717, 1.165) is 11.8 Å². The number of hydrogen-bond acceptors (Lipinski definition) is 1. The van der Waals surface area contributed by atoms with E-state index in [1.165, 1.54) is 0 Å². The molecule has 1 aromatic carbocycles. The Morgan fingerprint density at radius 2 is 1.50 bits per heavy atom. The minimum absolute atomic E-state index is 0.729. The maximum absolute atomic E-state index is 10.0. The van der Waals surface area contributed by atoms with E-state index in [-0.39, 0.29) is 0 Å². The van der Waals surface area contributed by atoms with E-state index in [1.807, 2.05) is 18.2 Å². The number of hydrogen-bond donors (Lipinski definition) is 0. The molecule has 0 unspecified atom stereocenters. The minimum atomic E-state index is 0.729. The van der Waals surface area contributed by atoms with Crippen LogP contribution < -0.4 is 0 Å². The molecule has 0 aliphatic heterocycles. The van der Waals surface area contributed by atoms with Gasteiger partial charge in [0.1, 0.15) is 6.22 Å². The molecule has 0 amide bonds. The summed E-state index contributed by atoms with van der Waals surface area (Å²) >= 11 is 6.95. The molecule has 1 nitrogen and oxygen atoms in total. The Hall–Kier alpha value is 1.08. The van der Waals surface area contributed by atoms with Crippen molar-refractivity contribution in [1.29, 1.82) is 0 Å². The fourth-order valence-corrected chi connectivity index (χ4v) is 0.532. The Morgan fingerprint density at radius 3 is 1.75 bits per heavy atom. The molecule has 0 N–H and O–H groups in total. The topological polar surface area (TPSA) is 17.1 Å². The van der Waals surface area contributed by atoms with E-state index in [0.29, 0.717) is 0 Å². The first-order valence-electron chi connectivity index (χ1n) is 3.09. The average molecular weight is 500 g/mol. The molecule has 0 saturated carbocycles. The first kappa shape index (κ1) is 13.1. The van der Waals surface area contributed by atoms with E-state index >= 15 is 0 Å². The Balaban J connectivity index is 0.000000261. The lowest BCUT2D eigenvalue weighted by atomic mass is 10.2. The van der Waals surface area contributed by atoms with Crippen molar-refractivity contribution in [1.82, 2.24) is 0 Å². The van der Waals surface area contributed by atoms with Crippen LogP contribution in [0.4, 0.5) is 0 Å². The Bertz CT molecular complexity index is 208. The molecule has 0 radical (unpaired) electrons. The molecule has 0 aliphatic rings. The van der Waals surface area contributed by atoms with Gasteiger partial charge in [0, 0.05) is 5.56 Å². The molecule has 0 aromatic heterocycles. The highest BCUT2D eigenvalue weighted by Gasteiger charge is 1.80. The standard InChI is InChI=1S/C7H6O.CHI3/c8-6-7-4-2-1-3-5-7;2-1(3)4/h1-6H;1H. The third-order valence-corrected chi connectivity index (χ3v) is 0.936. The second-order valence-electron chi connectivity index (χ2n) is 1.78. The van der Waals surface area contributed by atoms with Crippen LogP contribution in [0.3, 0.4) is 0 Å². The molecule has 0 bridgehead atoms. The van der Waals surface area contributed by atoms with Gasteiger partial charge in [-0.1, -0.05) is 98.1 Å². The molecule has 12 heavy (non-hydrogen) atoms. The summed E-state index contributed by atoms with van der Waals surface area (Å²) in [6.07, 6.45) is 0.833. The van der Waals surface area contributed by atoms with Crippen LogP contribution in [0.15, 0.2) is 30.3 Å². The predicted octanol–water partition coefficient (Wildman–Crippen LogP) is 4.07. The monoisotopic (exact) mass is 500 g/mol. The van der Waals surface area contributed by atoms with Crippen molar-refractivity contribution in [2.45, 2.75) is -0.0619 Å². The molecule has 0 atom stereocenters. The zero-order chi connectivity index (χ0) is 9.40. The first-order valence-corrected chi connectivity index (χ1v) is 6.83. The zero-order valence-electron chi connectivity index (χ0n) is 6.08. The summed E-state index contributed by atoms with van der Waals surface area (Å²) in [4.78, 5) is 10.0. The van der Waals surface area contributed by atoms with Crippen molar-refractivity contribution in [2.24, 2.45) is 0 Å². The summed E-state index contributed by atoms with van der Waals surface area (Å²) in [5.74, 6) is 0. The van der Waals surface area contributed by atoms with Crippen molar-refractivity contribution < 1.29 is 4.79 Å². The smallest absolute Gasteiger partial charge is 0.150 e. The molecular formula is C8H7I3O. The van der Waals surface area contributed by atoms with Gasteiger partial charge in [0.2, 0.25) is 0 Å². The van der Waals surface area contributed by atoms with Crippen LogP contribution in [0.25, 0.3) is 0 Å². The molecule has 1 rings (SSSR count). The summed E-state index contributed by atoms with van der Waals surface area (Å²) in [7, 11) is 0. The van der Waals surface area contributed by atoms with Gasteiger partial charge < -0.3 is 0 Å². The Morgan fingerprint density at radius 1 is 1.08 bits per heavy atom. The van der Waals surface area contributed by atoms with Crippen LogP contribution in [0.1, 0.15) is 10.4 Å². The quantitative estimate of drug-likeness (QED) is 0.323. The maximum atomic E-state index is 10.0. The zero-order valence-corrected chi connectivity index (χ0v) is 12.6. The summed E-state index contributed by atoms with van der Waals surface area (Å²) in [6, 6.07) is 9.10.